The zero-order valence-corrected chi connectivity index (χ0v) is 12.2. The van der Waals surface area contributed by atoms with E-state index in [0.717, 1.165) is 10.9 Å². The number of aliphatic hydroxyl groups excluding tert-OH is 1. The Morgan fingerprint density at radius 2 is 1.91 bits per heavy atom. The highest BCUT2D eigenvalue weighted by Gasteiger charge is 2.19. The highest BCUT2D eigenvalue weighted by molar-refractivity contribution is 5.96. The first-order valence-electron chi connectivity index (χ1n) is 6.86. The lowest BCUT2D eigenvalue weighted by molar-refractivity contribution is 0.166. The number of pyridine rings is 1. The Balaban J connectivity index is 2.36. The maximum atomic E-state index is 12.1. The van der Waals surface area contributed by atoms with Crippen LogP contribution in [0.5, 0.6) is 5.88 Å². The molecule has 1 N–H and O–H groups in total. The van der Waals surface area contributed by atoms with Gasteiger partial charge in [0.25, 0.3) is 0 Å². The van der Waals surface area contributed by atoms with E-state index in [0.29, 0.717) is 16.8 Å². The first-order chi connectivity index (χ1) is 10.6. The number of nitrogens with zero attached hydrogens (tertiary/aromatic N) is 1. The molecule has 0 radical (unpaired) electrons. The van der Waals surface area contributed by atoms with Crippen molar-refractivity contribution in [1.82, 2.24) is 4.98 Å². The van der Waals surface area contributed by atoms with Crippen LogP contribution in [0.25, 0.3) is 21.9 Å². The molecule has 112 valence electrons. The Kier molecular flexibility index (Phi) is 3.65. The van der Waals surface area contributed by atoms with E-state index in [-0.39, 0.29) is 5.76 Å². The Labute approximate surface area is 126 Å². The topological polar surface area (TPSA) is 72.6 Å². The number of aromatic nitrogens is 1. The molecule has 2 aromatic heterocycles. The smallest absolute Gasteiger partial charge is 0.343 e. The van der Waals surface area contributed by atoms with Crippen LogP contribution < -0.4 is 10.4 Å². The second kappa shape index (κ2) is 5.61. The van der Waals surface area contributed by atoms with Crippen LogP contribution in [0.2, 0.25) is 0 Å². The second-order valence-electron chi connectivity index (χ2n) is 4.94. The molecule has 5 nitrogen and oxygen atoms in total. The summed E-state index contributed by atoms with van der Waals surface area (Å²) < 4.78 is 10.4. The maximum absolute atomic E-state index is 12.1. The van der Waals surface area contributed by atoms with Crippen LogP contribution in [-0.2, 0) is 0 Å². The average molecular weight is 297 g/mol. The molecule has 3 aromatic rings. The lowest BCUT2D eigenvalue weighted by Gasteiger charge is -2.13. The van der Waals surface area contributed by atoms with Crippen molar-refractivity contribution < 1.29 is 14.3 Å². The van der Waals surface area contributed by atoms with Gasteiger partial charge in [-0.25, -0.2) is 9.78 Å². The summed E-state index contributed by atoms with van der Waals surface area (Å²) in [5, 5.41) is 11.2. The fourth-order valence-corrected chi connectivity index (χ4v) is 2.46. The van der Waals surface area contributed by atoms with E-state index in [1.807, 2.05) is 18.2 Å². The molecular formula is C17H15NO4. The average Bonchev–Trinajstić information content (AvgIpc) is 2.55. The molecule has 1 aromatic carbocycles. The summed E-state index contributed by atoms with van der Waals surface area (Å²) >= 11 is 0. The standard InChI is InChI=1S/C17H15NO4/c1-10(19)16-15(11-7-8-14(21-2)18-9-11)12-5-3-4-6-13(12)17(20)22-16/h3-10,19H,1-2H3. The van der Waals surface area contributed by atoms with Gasteiger partial charge in [-0.2, -0.15) is 0 Å². The molecule has 22 heavy (non-hydrogen) atoms. The molecule has 0 amide bonds. The summed E-state index contributed by atoms with van der Waals surface area (Å²) in [6.45, 7) is 1.56. The van der Waals surface area contributed by atoms with Gasteiger partial charge in [0.2, 0.25) is 5.88 Å². The lowest BCUT2D eigenvalue weighted by atomic mass is 9.98. The van der Waals surface area contributed by atoms with Gasteiger partial charge in [0, 0.05) is 28.8 Å². The summed E-state index contributed by atoms with van der Waals surface area (Å²) in [5.41, 5.74) is 0.953. The molecule has 1 unspecified atom stereocenters. The molecule has 0 spiro atoms. The summed E-state index contributed by atoms with van der Waals surface area (Å²) in [5.74, 6) is 0.722. The van der Waals surface area contributed by atoms with Gasteiger partial charge < -0.3 is 14.3 Å². The van der Waals surface area contributed by atoms with Gasteiger partial charge in [0.05, 0.1) is 12.5 Å². The summed E-state index contributed by atoms with van der Waals surface area (Å²) in [6, 6.07) is 10.7. The third kappa shape index (κ3) is 2.35. The van der Waals surface area contributed by atoms with Crippen molar-refractivity contribution in [2.45, 2.75) is 13.0 Å². The van der Waals surface area contributed by atoms with Crippen molar-refractivity contribution in [3.8, 4) is 17.0 Å². The van der Waals surface area contributed by atoms with Crippen molar-refractivity contribution in [2.24, 2.45) is 0 Å². The number of hydrogen-bond donors (Lipinski definition) is 1. The Hall–Kier alpha value is -2.66. The molecule has 0 aliphatic heterocycles. The molecule has 0 aliphatic rings. The van der Waals surface area contributed by atoms with Gasteiger partial charge in [0.1, 0.15) is 11.9 Å². The quantitative estimate of drug-likeness (QED) is 0.804. The first-order valence-corrected chi connectivity index (χ1v) is 6.86. The fraction of sp³-hybridized carbons (Fsp3) is 0.176. The van der Waals surface area contributed by atoms with Crippen molar-refractivity contribution in [3.63, 3.8) is 0 Å². The predicted molar refractivity (Wildman–Crippen MR) is 82.9 cm³/mol. The Morgan fingerprint density at radius 1 is 1.18 bits per heavy atom. The summed E-state index contributed by atoms with van der Waals surface area (Å²) in [7, 11) is 1.54. The van der Waals surface area contributed by atoms with Gasteiger partial charge in [-0.15, -0.1) is 0 Å². The number of benzene rings is 1. The number of fused-ring (bicyclic) bond motifs is 1. The van der Waals surface area contributed by atoms with Gasteiger partial charge in [-0.05, 0) is 19.1 Å². The van der Waals surface area contributed by atoms with Gasteiger partial charge >= 0.3 is 5.63 Å². The van der Waals surface area contributed by atoms with Crippen molar-refractivity contribution in [2.75, 3.05) is 7.11 Å². The van der Waals surface area contributed by atoms with Crippen LogP contribution >= 0.6 is 0 Å². The third-order valence-electron chi connectivity index (χ3n) is 3.48. The van der Waals surface area contributed by atoms with Crippen LogP contribution in [0.1, 0.15) is 18.8 Å². The molecule has 2 heterocycles. The first kappa shape index (κ1) is 14.3. The molecule has 3 rings (SSSR count). The van der Waals surface area contributed by atoms with E-state index >= 15 is 0 Å². The van der Waals surface area contributed by atoms with E-state index in [4.69, 9.17) is 9.15 Å². The molecule has 0 aliphatic carbocycles. The second-order valence-corrected chi connectivity index (χ2v) is 4.94. The van der Waals surface area contributed by atoms with Crippen LogP contribution in [0.15, 0.2) is 51.8 Å². The Bertz CT molecular complexity index is 866. The van der Waals surface area contributed by atoms with E-state index in [9.17, 15) is 9.90 Å². The Morgan fingerprint density at radius 3 is 2.50 bits per heavy atom. The zero-order chi connectivity index (χ0) is 15.7. The monoisotopic (exact) mass is 297 g/mol. The largest absolute Gasteiger partial charge is 0.481 e. The molecule has 0 fully saturated rings. The van der Waals surface area contributed by atoms with Crippen LogP contribution in [0, 0.1) is 0 Å². The SMILES string of the molecule is COc1ccc(-c2c(C(C)O)oc(=O)c3ccccc23)cn1. The molecule has 5 heteroatoms. The van der Waals surface area contributed by atoms with Crippen molar-refractivity contribution >= 4 is 10.8 Å². The van der Waals surface area contributed by atoms with Crippen molar-refractivity contribution in [3.05, 3.63) is 58.8 Å². The molecule has 1 atom stereocenters. The van der Waals surface area contributed by atoms with E-state index in [1.165, 1.54) is 0 Å². The predicted octanol–water partition coefficient (Wildman–Crippen LogP) is 2.92. The van der Waals surface area contributed by atoms with E-state index in [1.54, 1.807) is 38.4 Å². The lowest BCUT2D eigenvalue weighted by Crippen LogP contribution is -2.07. The van der Waals surface area contributed by atoms with Gasteiger partial charge in [-0.1, -0.05) is 18.2 Å². The van der Waals surface area contributed by atoms with E-state index in [2.05, 4.69) is 4.98 Å². The minimum atomic E-state index is -0.908. The number of rotatable bonds is 3. The highest BCUT2D eigenvalue weighted by Crippen LogP contribution is 2.33. The zero-order valence-electron chi connectivity index (χ0n) is 12.2. The molecule has 0 saturated carbocycles. The number of aliphatic hydroxyl groups is 1. The highest BCUT2D eigenvalue weighted by atomic mass is 16.5. The van der Waals surface area contributed by atoms with Gasteiger partial charge in [0.15, 0.2) is 0 Å². The molecular weight excluding hydrogens is 282 g/mol. The fourth-order valence-electron chi connectivity index (χ4n) is 2.46. The van der Waals surface area contributed by atoms with Crippen LogP contribution in [-0.4, -0.2) is 17.2 Å². The van der Waals surface area contributed by atoms with E-state index < -0.39 is 11.7 Å². The summed E-state index contributed by atoms with van der Waals surface area (Å²) in [4.78, 5) is 16.3. The normalized spacial score (nSPS) is 12.3. The minimum absolute atomic E-state index is 0.232. The number of ether oxygens (including phenoxy) is 1. The molecule has 0 saturated heterocycles. The maximum Gasteiger partial charge on any atom is 0.343 e. The third-order valence-corrected chi connectivity index (χ3v) is 3.48. The number of hydrogen-bond acceptors (Lipinski definition) is 5. The van der Waals surface area contributed by atoms with Crippen molar-refractivity contribution in [1.29, 1.82) is 0 Å². The number of methoxy groups -OCH3 is 1. The summed E-state index contributed by atoms with van der Waals surface area (Å²) in [6.07, 6.45) is 0.723. The minimum Gasteiger partial charge on any atom is -0.481 e. The molecule has 0 bridgehead atoms. The van der Waals surface area contributed by atoms with Crippen LogP contribution in [0.3, 0.4) is 0 Å². The van der Waals surface area contributed by atoms with Gasteiger partial charge in [-0.3, -0.25) is 0 Å². The van der Waals surface area contributed by atoms with Crippen LogP contribution in [0.4, 0.5) is 0 Å².